The van der Waals surface area contributed by atoms with Crippen molar-refractivity contribution in [2.75, 3.05) is 0 Å². The molecule has 0 heterocycles. The van der Waals surface area contributed by atoms with Crippen LogP contribution in [0.3, 0.4) is 0 Å². The van der Waals surface area contributed by atoms with E-state index in [9.17, 15) is 20.1 Å². The van der Waals surface area contributed by atoms with Crippen molar-refractivity contribution in [2.45, 2.75) is 96.9 Å². The van der Waals surface area contributed by atoms with Crippen LogP contribution < -0.4 is 0 Å². The number of hydrogen-bond acceptors (Lipinski definition) is 4. The van der Waals surface area contributed by atoms with Crippen LogP contribution in [0.1, 0.15) is 78.6 Å². The summed E-state index contributed by atoms with van der Waals surface area (Å²) in [6, 6.07) is 0. The number of carbonyl (C=O) groups is 1. The molecule has 0 bridgehead atoms. The minimum atomic E-state index is -1.28. The van der Waals surface area contributed by atoms with Crippen LogP contribution >= 0.6 is 0 Å². The summed E-state index contributed by atoms with van der Waals surface area (Å²) in [4.78, 5) is 11.1. The van der Waals surface area contributed by atoms with Gasteiger partial charge in [0.1, 0.15) is 0 Å². The third-order valence-electron chi connectivity index (χ3n) is 10.3. The van der Waals surface area contributed by atoms with Crippen molar-refractivity contribution in [3.8, 4) is 0 Å². The van der Waals surface area contributed by atoms with Crippen LogP contribution in [-0.4, -0.2) is 44.7 Å². The third-order valence-corrected chi connectivity index (χ3v) is 10.3. The summed E-state index contributed by atoms with van der Waals surface area (Å²) in [6.45, 7) is 6.91. The van der Waals surface area contributed by atoms with Crippen molar-refractivity contribution >= 4 is 5.97 Å². The van der Waals surface area contributed by atoms with Crippen molar-refractivity contribution in [2.24, 2.45) is 46.3 Å². The molecule has 4 aliphatic carbocycles. The molecular weight excluding hydrogens is 368 g/mol. The van der Waals surface area contributed by atoms with Crippen LogP contribution in [0.5, 0.6) is 0 Å². The quantitative estimate of drug-likeness (QED) is 0.571. The Labute approximate surface area is 174 Å². The molecule has 4 aliphatic rings. The van der Waals surface area contributed by atoms with Crippen LogP contribution in [0, 0.1) is 46.3 Å². The summed E-state index contributed by atoms with van der Waals surface area (Å²) in [5.74, 6) is 1.22. The summed E-state index contributed by atoms with van der Waals surface area (Å²) in [6.07, 6.45) is 6.60. The van der Waals surface area contributed by atoms with E-state index < -0.39 is 12.1 Å². The molecule has 0 amide bonds. The molecule has 29 heavy (non-hydrogen) atoms. The molecule has 4 saturated carbocycles. The second kappa shape index (κ2) is 7.49. The van der Waals surface area contributed by atoms with Crippen molar-refractivity contribution in [1.82, 2.24) is 0 Å². The lowest BCUT2D eigenvalue weighted by Gasteiger charge is -2.62. The van der Waals surface area contributed by atoms with E-state index in [4.69, 9.17) is 5.11 Å². The lowest BCUT2D eigenvalue weighted by atomic mass is 9.43. The maximum atomic E-state index is 11.2. The highest BCUT2D eigenvalue weighted by Gasteiger charge is 2.62. The molecule has 0 aromatic carbocycles. The van der Waals surface area contributed by atoms with E-state index in [1.807, 2.05) is 0 Å². The Balaban J connectivity index is 1.56. The SMILES string of the molecule is C[C@@H](C[C@@H](O)C(=O)O)[C@H]1CC[C@H]2[C@@H]3[C@H](O)C[C@@H]4C[C@H](O)CC[C@]4(C)[C@H]3CC[C@]12C. The van der Waals surface area contributed by atoms with Gasteiger partial charge in [0.2, 0.25) is 0 Å². The molecule has 4 rings (SSSR count). The first-order valence-corrected chi connectivity index (χ1v) is 11.8. The summed E-state index contributed by atoms with van der Waals surface area (Å²) in [5.41, 5.74) is 0.352. The number of carboxylic acids is 1. The van der Waals surface area contributed by atoms with Gasteiger partial charge in [-0.3, -0.25) is 0 Å². The van der Waals surface area contributed by atoms with Crippen molar-refractivity contribution < 1.29 is 25.2 Å². The predicted molar refractivity (Wildman–Crippen MR) is 110 cm³/mol. The molecule has 0 aliphatic heterocycles. The molecule has 4 fully saturated rings. The average molecular weight is 409 g/mol. The first-order chi connectivity index (χ1) is 13.6. The number of hydrogen-bond donors (Lipinski definition) is 4. The number of aliphatic carboxylic acids is 1. The number of rotatable bonds is 4. The Morgan fingerprint density at radius 3 is 2.34 bits per heavy atom. The van der Waals surface area contributed by atoms with Gasteiger partial charge in [0, 0.05) is 0 Å². The zero-order valence-electron chi connectivity index (χ0n) is 18.3. The Kier molecular flexibility index (Phi) is 5.57. The molecule has 166 valence electrons. The Morgan fingerprint density at radius 1 is 1.00 bits per heavy atom. The fourth-order valence-electron chi connectivity index (χ4n) is 8.79. The number of aliphatic hydroxyl groups is 3. The van der Waals surface area contributed by atoms with E-state index in [1.165, 1.54) is 0 Å². The van der Waals surface area contributed by atoms with Crippen LogP contribution in [-0.2, 0) is 4.79 Å². The Hall–Kier alpha value is -0.650. The first-order valence-electron chi connectivity index (χ1n) is 11.8. The summed E-state index contributed by atoms with van der Waals surface area (Å²) < 4.78 is 0. The van der Waals surface area contributed by atoms with Gasteiger partial charge in [-0.15, -0.1) is 0 Å². The fraction of sp³-hybridized carbons (Fsp3) is 0.958. The molecule has 0 saturated heterocycles. The topological polar surface area (TPSA) is 98.0 Å². The van der Waals surface area contributed by atoms with Crippen molar-refractivity contribution in [3.63, 3.8) is 0 Å². The van der Waals surface area contributed by atoms with Gasteiger partial charge in [0.25, 0.3) is 0 Å². The normalized spacial score (nSPS) is 51.4. The predicted octanol–water partition coefficient (Wildman–Crippen LogP) is 3.45. The molecule has 0 unspecified atom stereocenters. The van der Waals surface area contributed by atoms with Gasteiger partial charge >= 0.3 is 5.97 Å². The van der Waals surface area contributed by atoms with E-state index in [-0.39, 0.29) is 29.0 Å². The monoisotopic (exact) mass is 408 g/mol. The second-order valence-electron chi connectivity index (χ2n) is 11.5. The van der Waals surface area contributed by atoms with Gasteiger partial charge < -0.3 is 20.4 Å². The molecule has 4 N–H and O–H groups in total. The molecule has 5 nitrogen and oxygen atoms in total. The molecule has 0 aromatic rings. The molecule has 0 radical (unpaired) electrons. The van der Waals surface area contributed by atoms with E-state index in [2.05, 4.69) is 20.8 Å². The van der Waals surface area contributed by atoms with Gasteiger partial charge in [0.05, 0.1) is 12.2 Å². The first kappa shape index (κ1) is 21.6. The van der Waals surface area contributed by atoms with Gasteiger partial charge in [-0.25, -0.2) is 4.79 Å². The number of fused-ring (bicyclic) bond motifs is 5. The van der Waals surface area contributed by atoms with Gasteiger partial charge in [-0.2, -0.15) is 0 Å². The number of carboxylic acid groups (broad SMARTS) is 1. The maximum absolute atomic E-state index is 11.2. The van der Waals surface area contributed by atoms with Crippen LogP contribution in [0.4, 0.5) is 0 Å². The van der Waals surface area contributed by atoms with Gasteiger partial charge in [-0.05, 0) is 104 Å². The summed E-state index contributed by atoms with van der Waals surface area (Å²) >= 11 is 0. The highest BCUT2D eigenvalue weighted by atomic mass is 16.4. The second-order valence-corrected chi connectivity index (χ2v) is 11.5. The highest BCUT2D eigenvalue weighted by Crippen LogP contribution is 2.68. The molecular formula is C24H40O5. The minimum absolute atomic E-state index is 0.122. The fourth-order valence-corrected chi connectivity index (χ4v) is 8.79. The largest absolute Gasteiger partial charge is 0.479 e. The minimum Gasteiger partial charge on any atom is -0.479 e. The molecule has 5 heteroatoms. The van der Waals surface area contributed by atoms with Crippen LogP contribution in [0.2, 0.25) is 0 Å². The molecule has 11 atom stereocenters. The zero-order valence-corrected chi connectivity index (χ0v) is 18.3. The van der Waals surface area contributed by atoms with Crippen molar-refractivity contribution in [1.29, 1.82) is 0 Å². The maximum Gasteiger partial charge on any atom is 0.332 e. The lowest BCUT2D eigenvalue weighted by molar-refractivity contribution is -0.174. The summed E-state index contributed by atoms with van der Waals surface area (Å²) in [7, 11) is 0. The average Bonchev–Trinajstić information content (AvgIpc) is 3.00. The van der Waals surface area contributed by atoms with E-state index in [0.717, 1.165) is 51.4 Å². The number of aliphatic hydroxyl groups excluding tert-OH is 3. The standard InChI is InChI=1S/C24H40O5/c1-13(10-20(27)22(28)29)16-4-5-17-21-18(7-9-24(16,17)3)23(2)8-6-15(25)11-14(23)12-19(21)26/h13-21,25-27H,4-12H2,1-3H3,(H,28,29)/t13-,14-,15+,16+,17-,18-,19+,20+,21-,23-,24+/m0/s1. The highest BCUT2D eigenvalue weighted by molar-refractivity contribution is 5.71. The molecule has 0 aromatic heterocycles. The van der Waals surface area contributed by atoms with Gasteiger partial charge in [-0.1, -0.05) is 20.8 Å². The molecule has 0 spiro atoms. The van der Waals surface area contributed by atoms with E-state index >= 15 is 0 Å². The Morgan fingerprint density at radius 2 is 1.66 bits per heavy atom. The third kappa shape index (κ3) is 3.36. The van der Waals surface area contributed by atoms with E-state index in [0.29, 0.717) is 36.0 Å². The smallest absolute Gasteiger partial charge is 0.332 e. The van der Waals surface area contributed by atoms with Crippen LogP contribution in [0.15, 0.2) is 0 Å². The van der Waals surface area contributed by atoms with Gasteiger partial charge in [0.15, 0.2) is 6.10 Å². The van der Waals surface area contributed by atoms with E-state index in [1.54, 1.807) is 0 Å². The lowest BCUT2D eigenvalue weighted by Crippen LogP contribution is -2.58. The Bertz CT molecular complexity index is 637. The van der Waals surface area contributed by atoms with Crippen LogP contribution in [0.25, 0.3) is 0 Å². The van der Waals surface area contributed by atoms with Crippen molar-refractivity contribution in [3.05, 3.63) is 0 Å². The summed E-state index contributed by atoms with van der Waals surface area (Å²) in [5, 5.41) is 40.5. The zero-order chi connectivity index (χ0) is 21.1.